The SMILES string of the molecule is CCCCn1cnc2sc(C(=O)N3CC(C)OC(C)C3)c(C)c2c1=O. The van der Waals surface area contributed by atoms with Crippen molar-refractivity contribution < 1.29 is 9.53 Å². The summed E-state index contributed by atoms with van der Waals surface area (Å²) in [6, 6.07) is 0. The van der Waals surface area contributed by atoms with Crippen LogP contribution < -0.4 is 5.56 Å². The van der Waals surface area contributed by atoms with Gasteiger partial charge in [0.25, 0.3) is 11.5 Å². The van der Waals surface area contributed by atoms with Gasteiger partial charge in [0, 0.05) is 19.6 Å². The van der Waals surface area contributed by atoms with Crippen LogP contribution in [0.2, 0.25) is 0 Å². The molecule has 3 rings (SSSR count). The normalized spacial score (nSPS) is 21.0. The Morgan fingerprint density at radius 3 is 2.68 bits per heavy atom. The van der Waals surface area contributed by atoms with Gasteiger partial charge in [-0.3, -0.25) is 14.2 Å². The Balaban J connectivity index is 1.97. The molecular weight excluding hydrogens is 338 g/mol. The minimum atomic E-state index is -0.0463. The van der Waals surface area contributed by atoms with E-state index < -0.39 is 0 Å². The highest BCUT2D eigenvalue weighted by atomic mass is 32.1. The van der Waals surface area contributed by atoms with Crippen molar-refractivity contribution >= 4 is 27.5 Å². The molecule has 0 N–H and O–H groups in total. The van der Waals surface area contributed by atoms with Crippen molar-refractivity contribution in [1.82, 2.24) is 14.5 Å². The van der Waals surface area contributed by atoms with E-state index in [9.17, 15) is 9.59 Å². The standard InChI is InChI=1S/C18H25N3O3S/c1-5-6-7-20-10-19-16-14(17(20)22)13(4)15(25-16)18(23)21-8-11(2)24-12(3)9-21/h10-12H,5-9H2,1-4H3. The molecule has 0 radical (unpaired) electrons. The molecule has 1 aliphatic heterocycles. The van der Waals surface area contributed by atoms with Gasteiger partial charge in [0.05, 0.1) is 28.8 Å². The summed E-state index contributed by atoms with van der Waals surface area (Å²) in [5.41, 5.74) is 0.704. The van der Waals surface area contributed by atoms with Crippen molar-refractivity contribution in [2.75, 3.05) is 13.1 Å². The molecule has 6 nitrogen and oxygen atoms in total. The van der Waals surface area contributed by atoms with Gasteiger partial charge in [-0.25, -0.2) is 4.98 Å². The molecule has 7 heteroatoms. The molecule has 2 aromatic heterocycles. The van der Waals surface area contributed by atoms with E-state index in [0.29, 0.717) is 34.7 Å². The van der Waals surface area contributed by atoms with Crippen LogP contribution >= 0.6 is 11.3 Å². The molecule has 25 heavy (non-hydrogen) atoms. The van der Waals surface area contributed by atoms with Crippen molar-refractivity contribution in [3.63, 3.8) is 0 Å². The minimum absolute atomic E-state index is 0.0202. The largest absolute Gasteiger partial charge is 0.372 e. The first-order valence-electron chi connectivity index (χ1n) is 8.85. The minimum Gasteiger partial charge on any atom is -0.372 e. The summed E-state index contributed by atoms with van der Waals surface area (Å²) in [6.45, 7) is 9.70. The number of fused-ring (bicyclic) bond motifs is 1. The highest BCUT2D eigenvalue weighted by Gasteiger charge is 2.29. The second-order valence-electron chi connectivity index (χ2n) is 6.80. The Kier molecular flexibility index (Phi) is 5.24. The lowest BCUT2D eigenvalue weighted by Crippen LogP contribution is -2.48. The number of carbonyl (C=O) groups excluding carboxylic acids is 1. The van der Waals surface area contributed by atoms with E-state index in [1.807, 2.05) is 25.7 Å². The molecule has 2 atom stereocenters. The Morgan fingerprint density at radius 2 is 2.04 bits per heavy atom. The number of aromatic nitrogens is 2. The molecule has 0 spiro atoms. The Morgan fingerprint density at radius 1 is 1.36 bits per heavy atom. The highest BCUT2D eigenvalue weighted by molar-refractivity contribution is 7.20. The van der Waals surface area contributed by atoms with E-state index in [1.54, 1.807) is 10.9 Å². The highest BCUT2D eigenvalue weighted by Crippen LogP contribution is 2.29. The van der Waals surface area contributed by atoms with E-state index in [4.69, 9.17) is 4.74 Å². The van der Waals surface area contributed by atoms with Crippen molar-refractivity contribution in [3.05, 3.63) is 27.1 Å². The van der Waals surface area contributed by atoms with Crippen molar-refractivity contribution in [3.8, 4) is 0 Å². The molecular formula is C18H25N3O3S. The number of unbranched alkanes of at least 4 members (excludes halogenated alkanes) is 1. The molecule has 136 valence electrons. The summed E-state index contributed by atoms with van der Waals surface area (Å²) < 4.78 is 7.36. The molecule has 0 bridgehead atoms. The zero-order valence-corrected chi connectivity index (χ0v) is 16.1. The zero-order valence-electron chi connectivity index (χ0n) is 15.2. The van der Waals surface area contributed by atoms with E-state index in [2.05, 4.69) is 11.9 Å². The maximum Gasteiger partial charge on any atom is 0.264 e. The van der Waals surface area contributed by atoms with Crippen LogP contribution in [0.15, 0.2) is 11.1 Å². The summed E-state index contributed by atoms with van der Waals surface area (Å²) in [6.07, 6.45) is 3.60. The van der Waals surface area contributed by atoms with Gasteiger partial charge >= 0.3 is 0 Å². The number of carbonyl (C=O) groups is 1. The van der Waals surface area contributed by atoms with Crippen LogP contribution in [0.25, 0.3) is 10.2 Å². The smallest absolute Gasteiger partial charge is 0.264 e. The first-order chi connectivity index (χ1) is 11.9. The zero-order chi connectivity index (χ0) is 18.1. The lowest BCUT2D eigenvalue weighted by atomic mass is 10.1. The van der Waals surface area contributed by atoms with Gasteiger partial charge in [-0.15, -0.1) is 11.3 Å². The number of thiophene rings is 1. The van der Waals surface area contributed by atoms with Crippen LogP contribution in [0.4, 0.5) is 0 Å². The molecule has 3 heterocycles. The fourth-order valence-corrected chi connectivity index (χ4v) is 4.45. The van der Waals surface area contributed by atoms with Crippen LogP contribution in [-0.2, 0) is 11.3 Å². The Labute approximate surface area is 151 Å². The third-order valence-corrected chi connectivity index (χ3v) is 5.76. The molecule has 1 amide bonds. The Hall–Kier alpha value is -1.73. The number of hydrogen-bond donors (Lipinski definition) is 0. The number of amides is 1. The lowest BCUT2D eigenvalue weighted by Gasteiger charge is -2.35. The van der Waals surface area contributed by atoms with Gasteiger partial charge < -0.3 is 9.64 Å². The molecule has 0 aromatic carbocycles. The molecule has 0 saturated carbocycles. The topological polar surface area (TPSA) is 64.4 Å². The van der Waals surface area contributed by atoms with E-state index in [0.717, 1.165) is 18.4 Å². The number of aryl methyl sites for hydroxylation is 2. The fourth-order valence-electron chi connectivity index (χ4n) is 3.34. The van der Waals surface area contributed by atoms with Gasteiger partial charge in [0.15, 0.2) is 0 Å². The summed E-state index contributed by atoms with van der Waals surface area (Å²) in [7, 11) is 0. The summed E-state index contributed by atoms with van der Waals surface area (Å²) in [5.74, 6) is -0.0259. The van der Waals surface area contributed by atoms with Crippen LogP contribution in [-0.4, -0.2) is 45.7 Å². The van der Waals surface area contributed by atoms with E-state index in [1.165, 1.54) is 11.3 Å². The maximum absolute atomic E-state index is 13.0. The summed E-state index contributed by atoms with van der Waals surface area (Å²) in [4.78, 5) is 33.3. The monoisotopic (exact) mass is 363 g/mol. The van der Waals surface area contributed by atoms with E-state index in [-0.39, 0.29) is 23.7 Å². The summed E-state index contributed by atoms with van der Waals surface area (Å²) in [5, 5.41) is 0.585. The first kappa shape index (κ1) is 18.1. The van der Waals surface area contributed by atoms with Crippen molar-refractivity contribution in [1.29, 1.82) is 0 Å². The molecule has 1 fully saturated rings. The first-order valence-corrected chi connectivity index (χ1v) is 9.67. The van der Waals surface area contributed by atoms with Crippen LogP contribution in [0.3, 0.4) is 0 Å². The molecule has 2 unspecified atom stereocenters. The van der Waals surface area contributed by atoms with Gasteiger partial charge in [0.2, 0.25) is 0 Å². The average molecular weight is 363 g/mol. The van der Waals surface area contributed by atoms with E-state index >= 15 is 0 Å². The average Bonchev–Trinajstić information content (AvgIpc) is 2.90. The quantitative estimate of drug-likeness (QED) is 0.838. The third kappa shape index (κ3) is 3.48. The fraction of sp³-hybridized carbons (Fsp3) is 0.611. The number of nitrogens with zero attached hydrogens (tertiary/aromatic N) is 3. The number of morpholine rings is 1. The summed E-state index contributed by atoms with van der Waals surface area (Å²) >= 11 is 1.32. The predicted octanol–water partition coefficient (Wildman–Crippen LogP) is 2.82. The molecule has 1 aliphatic rings. The van der Waals surface area contributed by atoms with Gasteiger partial charge in [0.1, 0.15) is 4.83 Å². The predicted molar refractivity (Wildman–Crippen MR) is 99.4 cm³/mol. The molecule has 2 aromatic rings. The Bertz CT molecular complexity index is 832. The second-order valence-corrected chi connectivity index (χ2v) is 7.80. The second kappa shape index (κ2) is 7.25. The van der Waals surface area contributed by atoms with Crippen molar-refractivity contribution in [2.45, 2.75) is 59.3 Å². The van der Waals surface area contributed by atoms with Crippen molar-refractivity contribution in [2.24, 2.45) is 0 Å². The van der Waals surface area contributed by atoms with Gasteiger partial charge in [-0.05, 0) is 32.8 Å². The number of rotatable bonds is 4. The molecule has 0 aliphatic carbocycles. The van der Waals surface area contributed by atoms with Gasteiger partial charge in [-0.2, -0.15) is 0 Å². The van der Waals surface area contributed by atoms with Crippen LogP contribution in [0.1, 0.15) is 48.8 Å². The lowest BCUT2D eigenvalue weighted by molar-refractivity contribution is -0.0585. The van der Waals surface area contributed by atoms with Crippen LogP contribution in [0.5, 0.6) is 0 Å². The molecule has 1 saturated heterocycles. The third-order valence-electron chi connectivity index (χ3n) is 4.57. The van der Waals surface area contributed by atoms with Crippen LogP contribution in [0, 0.1) is 6.92 Å². The number of hydrogen-bond acceptors (Lipinski definition) is 5. The maximum atomic E-state index is 13.0. The number of ether oxygens (including phenoxy) is 1. The van der Waals surface area contributed by atoms with Gasteiger partial charge in [-0.1, -0.05) is 13.3 Å².